The largest absolute Gasteiger partial charge is 0.466 e. The number of ether oxygens (including phenoxy) is 2. The number of aromatic nitrogens is 1. The normalized spacial score (nSPS) is 32.9. The molecule has 3 aromatic rings. The molecule has 1 saturated carbocycles. The molecule has 3 fully saturated rings. The number of allylic oxidation sites excluding steroid dienone is 4. The van der Waals surface area contributed by atoms with E-state index in [2.05, 4.69) is 46.3 Å². The standard InChI is InChI=1S/C40H42N4O6/c1-5-22(25-17-32-35-24(23-10-6-8-12-29(23)41-35)14-15-43(32)19-26(25)38(46)48-3)16-21(2)34-33-27-20-50-37(36(33)45)40(18-30(27)42-34)28-11-7-9-13-31(28)44(49-4)39(40)47/h5-13,16,19,25,27,30,32-33,36-37,41,45H,14-15,17-18,20H2,1-4H3/b21-16+,22-5-/t25-,27+,30-,32-,33+,36+,37+,40-/m0/s1. The van der Waals surface area contributed by atoms with E-state index in [0.717, 1.165) is 40.9 Å². The molecule has 1 spiro atoms. The first-order valence-corrected chi connectivity index (χ1v) is 17.7. The Morgan fingerprint density at radius 3 is 2.76 bits per heavy atom. The van der Waals surface area contributed by atoms with Gasteiger partial charge in [-0.2, -0.15) is 5.06 Å². The minimum absolute atomic E-state index is 0.0546. The molecule has 2 aromatic carbocycles. The fraction of sp³-hybridized carbons (Fsp3) is 0.425. The van der Waals surface area contributed by atoms with E-state index in [9.17, 15) is 14.7 Å². The van der Waals surface area contributed by atoms with Crippen LogP contribution in [0.5, 0.6) is 0 Å². The van der Waals surface area contributed by atoms with Crippen molar-refractivity contribution in [2.45, 2.75) is 62.8 Å². The number of anilines is 1. The average Bonchev–Trinajstić information content (AvgIpc) is 3.72. The number of aliphatic imine (C=N–C) groups is 1. The Bertz CT molecular complexity index is 2060. The number of aromatic amines is 1. The highest BCUT2D eigenvalue weighted by Crippen LogP contribution is 2.57. The molecule has 1 aromatic heterocycles. The summed E-state index contributed by atoms with van der Waals surface area (Å²) in [5.41, 5.74) is 7.58. The van der Waals surface area contributed by atoms with Crippen molar-refractivity contribution in [1.29, 1.82) is 0 Å². The van der Waals surface area contributed by atoms with Crippen LogP contribution in [-0.2, 0) is 35.7 Å². The highest BCUT2D eigenvalue weighted by Gasteiger charge is 2.67. The van der Waals surface area contributed by atoms with Gasteiger partial charge in [0.1, 0.15) is 11.5 Å². The van der Waals surface area contributed by atoms with Crippen LogP contribution in [0, 0.1) is 17.8 Å². The Labute approximate surface area is 291 Å². The molecule has 6 aliphatic heterocycles. The van der Waals surface area contributed by atoms with Gasteiger partial charge < -0.3 is 24.5 Å². The second-order valence-corrected chi connectivity index (χ2v) is 14.5. The summed E-state index contributed by atoms with van der Waals surface area (Å²) in [7, 11) is 2.93. The molecular formula is C40H42N4O6. The molecular weight excluding hydrogens is 632 g/mol. The summed E-state index contributed by atoms with van der Waals surface area (Å²) >= 11 is 0. The van der Waals surface area contributed by atoms with E-state index in [-0.39, 0.29) is 41.7 Å². The van der Waals surface area contributed by atoms with Crippen LogP contribution in [0.25, 0.3) is 10.9 Å². The van der Waals surface area contributed by atoms with Gasteiger partial charge in [-0.1, -0.05) is 48.6 Å². The van der Waals surface area contributed by atoms with Crippen molar-refractivity contribution < 1.29 is 29.0 Å². The SMILES string of the molecule is C/C=C(/C=C(\C)C1=N[C@H]2C[C@@]3(C(=O)N(OC)c4ccccc43)[C@@H]3OC[C@H]2[C@H]1[C@H]3O)[C@@H]1C[C@H]2c3[nH]c4ccccc4c3CCN2C=C1C(=O)OC. The Kier molecular flexibility index (Phi) is 7.25. The van der Waals surface area contributed by atoms with E-state index in [1.54, 1.807) is 0 Å². The predicted octanol–water partition coefficient (Wildman–Crippen LogP) is 5.10. The third-order valence-corrected chi connectivity index (χ3v) is 12.4. The van der Waals surface area contributed by atoms with Crippen molar-refractivity contribution in [1.82, 2.24) is 9.88 Å². The van der Waals surface area contributed by atoms with Gasteiger partial charge in [0.2, 0.25) is 0 Å². The second-order valence-electron chi connectivity index (χ2n) is 14.5. The number of nitrogens with one attached hydrogen (secondary N) is 1. The first kappa shape index (κ1) is 31.5. The highest BCUT2D eigenvalue weighted by molar-refractivity contribution is 6.09. The summed E-state index contributed by atoms with van der Waals surface area (Å²) in [6.45, 7) is 5.30. The molecule has 10 rings (SSSR count). The average molecular weight is 675 g/mol. The van der Waals surface area contributed by atoms with Crippen LogP contribution in [0.4, 0.5) is 5.69 Å². The third kappa shape index (κ3) is 4.21. The number of carbonyl (C=O) groups excluding carboxylic acids is 2. The number of amides is 1. The zero-order chi connectivity index (χ0) is 34.5. The van der Waals surface area contributed by atoms with E-state index in [1.165, 1.54) is 35.9 Å². The minimum atomic E-state index is -1.09. The van der Waals surface area contributed by atoms with Gasteiger partial charge in [-0.15, -0.1) is 0 Å². The van der Waals surface area contributed by atoms with Crippen molar-refractivity contribution in [3.8, 4) is 0 Å². The molecule has 4 bridgehead atoms. The molecule has 7 aliphatic rings. The number of aliphatic hydroxyl groups is 1. The summed E-state index contributed by atoms with van der Waals surface area (Å²) in [6.07, 6.45) is 6.60. The zero-order valence-electron chi connectivity index (χ0n) is 28.8. The number of hydroxylamine groups is 1. The van der Waals surface area contributed by atoms with Crippen LogP contribution < -0.4 is 5.06 Å². The minimum Gasteiger partial charge on any atom is -0.466 e. The van der Waals surface area contributed by atoms with Crippen molar-refractivity contribution in [3.05, 3.63) is 100 Å². The summed E-state index contributed by atoms with van der Waals surface area (Å²) in [5, 5.41) is 14.8. The zero-order valence-corrected chi connectivity index (χ0v) is 28.8. The fourth-order valence-corrected chi connectivity index (χ4v) is 10.2. The Morgan fingerprint density at radius 1 is 1.16 bits per heavy atom. The molecule has 10 nitrogen and oxygen atoms in total. The number of nitrogens with zero attached hydrogens (tertiary/aromatic N) is 3. The molecule has 258 valence electrons. The number of H-pyrrole nitrogens is 1. The Hall–Kier alpha value is -4.51. The number of rotatable bonds is 5. The first-order valence-electron chi connectivity index (χ1n) is 17.7. The fourth-order valence-electron chi connectivity index (χ4n) is 10.2. The monoisotopic (exact) mass is 674 g/mol. The van der Waals surface area contributed by atoms with E-state index < -0.39 is 17.6 Å². The van der Waals surface area contributed by atoms with Crippen LogP contribution >= 0.6 is 0 Å². The number of benzene rings is 2. The van der Waals surface area contributed by atoms with Gasteiger partial charge in [0.15, 0.2) is 0 Å². The summed E-state index contributed by atoms with van der Waals surface area (Å²) in [6, 6.07) is 16.0. The topological polar surface area (TPSA) is 117 Å². The number of esters is 1. The van der Waals surface area contributed by atoms with Crippen molar-refractivity contribution in [2.75, 3.05) is 32.4 Å². The maximum absolute atomic E-state index is 14.1. The summed E-state index contributed by atoms with van der Waals surface area (Å²) < 4.78 is 11.7. The number of methoxy groups -OCH3 is 1. The van der Waals surface area contributed by atoms with E-state index >= 15 is 0 Å². The number of carbonyl (C=O) groups is 2. The number of hydrogen-bond donors (Lipinski definition) is 2. The lowest BCUT2D eigenvalue weighted by molar-refractivity contribution is -0.152. The van der Waals surface area contributed by atoms with Crippen molar-refractivity contribution in [2.24, 2.45) is 22.7 Å². The van der Waals surface area contributed by atoms with Crippen LogP contribution in [0.3, 0.4) is 0 Å². The predicted molar refractivity (Wildman–Crippen MR) is 188 cm³/mol. The molecule has 7 heterocycles. The summed E-state index contributed by atoms with van der Waals surface area (Å²) in [5.74, 6) is -1.08. The summed E-state index contributed by atoms with van der Waals surface area (Å²) in [4.78, 5) is 44.3. The third-order valence-electron chi connectivity index (χ3n) is 12.4. The quantitative estimate of drug-likeness (QED) is 0.286. The van der Waals surface area contributed by atoms with Gasteiger partial charge in [0, 0.05) is 52.8 Å². The van der Waals surface area contributed by atoms with E-state index in [0.29, 0.717) is 30.7 Å². The van der Waals surface area contributed by atoms with E-state index in [1.807, 2.05) is 44.3 Å². The molecule has 50 heavy (non-hydrogen) atoms. The molecule has 1 aliphatic carbocycles. The molecule has 1 amide bonds. The van der Waals surface area contributed by atoms with Crippen molar-refractivity contribution >= 4 is 34.2 Å². The number of aliphatic hydroxyl groups excluding tert-OH is 1. The van der Waals surface area contributed by atoms with Crippen LogP contribution in [0.2, 0.25) is 0 Å². The highest BCUT2D eigenvalue weighted by atomic mass is 16.7. The smallest absolute Gasteiger partial charge is 0.335 e. The van der Waals surface area contributed by atoms with Gasteiger partial charge in [-0.25, -0.2) is 4.79 Å². The molecule has 2 N–H and O–H groups in total. The lowest BCUT2D eigenvalue weighted by atomic mass is 9.70. The maximum atomic E-state index is 14.1. The Morgan fingerprint density at radius 2 is 1.96 bits per heavy atom. The lowest BCUT2D eigenvalue weighted by Crippen LogP contribution is -2.58. The molecule has 2 saturated heterocycles. The van der Waals surface area contributed by atoms with Gasteiger partial charge in [-0.3, -0.25) is 14.6 Å². The number of fused-ring (bicyclic) bond motifs is 7. The van der Waals surface area contributed by atoms with Gasteiger partial charge in [0.25, 0.3) is 5.91 Å². The van der Waals surface area contributed by atoms with Crippen LogP contribution in [0.1, 0.15) is 49.6 Å². The van der Waals surface area contributed by atoms with Crippen molar-refractivity contribution in [3.63, 3.8) is 0 Å². The maximum Gasteiger partial charge on any atom is 0.335 e. The number of hydrogen-bond acceptors (Lipinski definition) is 8. The van der Waals surface area contributed by atoms with Crippen LogP contribution in [-0.4, -0.2) is 78.2 Å². The molecule has 0 radical (unpaired) electrons. The molecule has 8 atom stereocenters. The van der Waals surface area contributed by atoms with Gasteiger partial charge in [-0.05, 0) is 67.5 Å². The van der Waals surface area contributed by atoms with E-state index in [4.69, 9.17) is 19.3 Å². The van der Waals surface area contributed by atoms with Crippen LogP contribution in [0.15, 0.2) is 88.6 Å². The lowest BCUT2D eigenvalue weighted by Gasteiger charge is -2.42. The first-order chi connectivity index (χ1) is 24.3. The second kappa shape index (κ2) is 11.5. The Balaban J connectivity index is 1.07. The molecule has 10 heteroatoms. The number of para-hydroxylation sites is 2. The molecule has 0 unspecified atom stereocenters. The van der Waals surface area contributed by atoms with Gasteiger partial charge >= 0.3 is 5.97 Å². The van der Waals surface area contributed by atoms with Gasteiger partial charge in [0.05, 0.1) is 50.3 Å².